The number of benzene rings is 1. The van der Waals surface area contributed by atoms with Gasteiger partial charge in [-0.2, -0.15) is 0 Å². The highest BCUT2D eigenvalue weighted by molar-refractivity contribution is 7.91. The van der Waals surface area contributed by atoms with Gasteiger partial charge < -0.3 is 9.64 Å². The van der Waals surface area contributed by atoms with Crippen LogP contribution in [0.1, 0.15) is 0 Å². The molecule has 1 aliphatic heterocycles. The van der Waals surface area contributed by atoms with Crippen molar-refractivity contribution >= 4 is 44.6 Å². The third-order valence-corrected chi connectivity index (χ3v) is 6.66. The lowest BCUT2D eigenvalue weighted by Crippen LogP contribution is -2.50. The van der Waals surface area contributed by atoms with Gasteiger partial charge in [0.15, 0.2) is 0 Å². The van der Waals surface area contributed by atoms with E-state index in [4.69, 9.17) is 16.3 Å². The van der Waals surface area contributed by atoms with Gasteiger partial charge in [0, 0.05) is 12.2 Å². The van der Waals surface area contributed by atoms with E-state index in [1.54, 1.807) is 4.90 Å². The predicted molar refractivity (Wildman–Crippen MR) is 93.1 cm³/mol. The summed E-state index contributed by atoms with van der Waals surface area (Å²) in [6.45, 7) is 0.289. The number of hydrogen-bond donors (Lipinski definition) is 1. The third-order valence-electron chi connectivity index (χ3n) is 3.51. The zero-order chi connectivity index (χ0) is 17.2. The van der Waals surface area contributed by atoms with Gasteiger partial charge in [-0.1, -0.05) is 29.8 Å². The zero-order valence-corrected chi connectivity index (χ0v) is 14.9. The number of ether oxygens (including phenoxy) is 1. The molecular formula is C15H15ClN2O4S2. The standard InChI is InChI=1S/C15H15ClN2O4S2/c16-13-6-7-15(23-13)24(20,21)17-8-12-9-18(14(19)10-22-12)11-4-2-1-3-5-11/h1-7,12,17H,8-10H2. The Kier molecular flexibility index (Phi) is 5.21. The molecule has 1 saturated heterocycles. The van der Waals surface area contributed by atoms with Crippen molar-refractivity contribution in [1.29, 1.82) is 0 Å². The van der Waals surface area contributed by atoms with Crippen LogP contribution in [0.15, 0.2) is 46.7 Å². The SMILES string of the molecule is O=C1COC(CNS(=O)(=O)c2ccc(Cl)s2)CN1c1ccccc1. The maximum Gasteiger partial charge on any atom is 0.253 e. The molecule has 1 aliphatic rings. The Morgan fingerprint density at radius 2 is 2.00 bits per heavy atom. The topological polar surface area (TPSA) is 75.7 Å². The molecule has 3 rings (SSSR count). The molecule has 9 heteroatoms. The van der Waals surface area contributed by atoms with Gasteiger partial charge in [-0.15, -0.1) is 11.3 Å². The maximum atomic E-state index is 12.2. The minimum Gasteiger partial charge on any atom is -0.365 e. The number of nitrogens with zero attached hydrogens (tertiary/aromatic N) is 1. The lowest BCUT2D eigenvalue weighted by molar-refractivity contribution is -0.129. The normalized spacial score (nSPS) is 18.8. The number of morpholine rings is 1. The Balaban J connectivity index is 1.65. The molecule has 1 N–H and O–H groups in total. The number of halogens is 1. The summed E-state index contributed by atoms with van der Waals surface area (Å²) in [5.41, 5.74) is 0.767. The molecular weight excluding hydrogens is 372 g/mol. The highest BCUT2D eigenvalue weighted by atomic mass is 35.5. The van der Waals surface area contributed by atoms with Gasteiger partial charge in [0.1, 0.15) is 10.8 Å². The number of hydrogen-bond acceptors (Lipinski definition) is 5. The van der Waals surface area contributed by atoms with Gasteiger partial charge in [0.2, 0.25) is 10.0 Å². The Labute approximate surface area is 149 Å². The van der Waals surface area contributed by atoms with Gasteiger partial charge in [-0.25, -0.2) is 13.1 Å². The molecule has 1 atom stereocenters. The highest BCUT2D eigenvalue weighted by Gasteiger charge is 2.28. The van der Waals surface area contributed by atoms with E-state index >= 15 is 0 Å². The molecule has 1 unspecified atom stereocenters. The number of thiophene rings is 1. The van der Waals surface area contributed by atoms with Crippen LogP contribution >= 0.6 is 22.9 Å². The maximum absolute atomic E-state index is 12.2. The van der Waals surface area contributed by atoms with Crippen molar-refractivity contribution in [1.82, 2.24) is 4.72 Å². The number of carbonyl (C=O) groups excluding carboxylic acids is 1. The molecule has 2 heterocycles. The quantitative estimate of drug-likeness (QED) is 0.853. The molecule has 24 heavy (non-hydrogen) atoms. The minimum atomic E-state index is -3.63. The van der Waals surface area contributed by atoms with Crippen molar-refractivity contribution < 1.29 is 17.9 Å². The van der Waals surface area contributed by atoms with Crippen LogP contribution in [0.2, 0.25) is 4.34 Å². The van der Waals surface area contributed by atoms with E-state index in [1.165, 1.54) is 12.1 Å². The average molecular weight is 387 g/mol. The second-order valence-electron chi connectivity index (χ2n) is 5.18. The molecule has 1 aromatic carbocycles. The summed E-state index contributed by atoms with van der Waals surface area (Å²) >= 11 is 6.76. The van der Waals surface area contributed by atoms with Crippen LogP contribution in [0.3, 0.4) is 0 Å². The van der Waals surface area contributed by atoms with E-state index in [1.807, 2.05) is 30.3 Å². The summed E-state index contributed by atoms with van der Waals surface area (Å²) in [5.74, 6) is -0.148. The van der Waals surface area contributed by atoms with Crippen LogP contribution in [0.25, 0.3) is 0 Å². The summed E-state index contributed by atoms with van der Waals surface area (Å²) < 4.78 is 32.9. The van der Waals surface area contributed by atoms with E-state index in [9.17, 15) is 13.2 Å². The van der Waals surface area contributed by atoms with Crippen LogP contribution in [-0.4, -0.2) is 40.1 Å². The first-order valence-electron chi connectivity index (χ1n) is 7.18. The van der Waals surface area contributed by atoms with Gasteiger partial charge >= 0.3 is 0 Å². The highest BCUT2D eigenvalue weighted by Crippen LogP contribution is 2.25. The minimum absolute atomic E-state index is 0.0773. The Morgan fingerprint density at radius 1 is 1.25 bits per heavy atom. The van der Waals surface area contributed by atoms with Crippen LogP contribution < -0.4 is 9.62 Å². The molecule has 1 aromatic heterocycles. The molecule has 0 radical (unpaired) electrons. The fraction of sp³-hybridized carbons (Fsp3) is 0.267. The molecule has 128 valence electrons. The van der Waals surface area contributed by atoms with Crippen molar-refractivity contribution in [2.75, 3.05) is 24.6 Å². The lowest BCUT2D eigenvalue weighted by atomic mass is 10.2. The van der Waals surface area contributed by atoms with E-state index in [2.05, 4.69) is 4.72 Å². The van der Waals surface area contributed by atoms with E-state index in [0.717, 1.165) is 17.0 Å². The Bertz CT molecular complexity index is 823. The number of anilines is 1. The number of sulfonamides is 1. The largest absolute Gasteiger partial charge is 0.365 e. The fourth-order valence-electron chi connectivity index (χ4n) is 2.32. The number of carbonyl (C=O) groups is 1. The molecule has 0 spiro atoms. The van der Waals surface area contributed by atoms with Crippen LogP contribution in [0.5, 0.6) is 0 Å². The predicted octanol–water partition coefficient (Wildman–Crippen LogP) is 2.11. The number of para-hydroxylation sites is 1. The average Bonchev–Trinajstić information content (AvgIpc) is 3.02. The Morgan fingerprint density at radius 3 is 2.67 bits per heavy atom. The molecule has 0 bridgehead atoms. The lowest BCUT2D eigenvalue weighted by Gasteiger charge is -2.32. The van der Waals surface area contributed by atoms with Gasteiger partial charge in [0.25, 0.3) is 5.91 Å². The van der Waals surface area contributed by atoms with Crippen molar-refractivity contribution in [3.05, 3.63) is 46.8 Å². The summed E-state index contributed by atoms with van der Waals surface area (Å²) in [4.78, 5) is 13.6. The van der Waals surface area contributed by atoms with E-state index < -0.39 is 16.1 Å². The summed E-state index contributed by atoms with van der Waals surface area (Å²) in [6.07, 6.45) is -0.423. The molecule has 1 fully saturated rings. The number of amides is 1. The molecule has 0 aliphatic carbocycles. The summed E-state index contributed by atoms with van der Waals surface area (Å²) in [6, 6.07) is 12.2. The van der Waals surface area contributed by atoms with Gasteiger partial charge in [-0.3, -0.25) is 4.79 Å². The zero-order valence-electron chi connectivity index (χ0n) is 12.5. The number of rotatable bonds is 5. The van der Waals surface area contributed by atoms with Crippen molar-refractivity contribution in [2.45, 2.75) is 10.3 Å². The van der Waals surface area contributed by atoms with Crippen LogP contribution in [0, 0.1) is 0 Å². The summed E-state index contributed by atoms with van der Waals surface area (Å²) in [5, 5.41) is 0. The fourth-order valence-corrected chi connectivity index (χ4v) is 4.92. The van der Waals surface area contributed by atoms with Crippen molar-refractivity contribution in [3.8, 4) is 0 Å². The van der Waals surface area contributed by atoms with Crippen molar-refractivity contribution in [2.24, 2.45) is 0 Å². The first kappa shape index (κ1) is 17.4. The van der Waals surface area contributed by atoms with Gasteiger partial charge in [0.05, 0.1) is 17.0 Å². The Hall–Kier alpha value is -1.45. The van der Waals surface area contributed by atoms with Crippen LogP contribution in [-0.2, 0) is 19.6 Å². The van der Waals surface area contributed by atoms with E-state index in [-0.39, 0.29) is 29.8 Å². The molecule has 6 nitrogen and oxygen atoms in total. The smallest absolute Gasteiger partial charge is 0.253 e. The second-order valence-corrected chi connectivity index (χ2v) is 8.89. The molecule has 1 amide bonds. The van der Waals surface area contributed by atoms with Gasteiger partial charge in [-0.05, 0) is 24.3 Å². The molecule has 2 aromatic rings. The van der Waals surface area contributed by atoms with Crippen LogP contribution in [0.4, 0.5) is 5.69 Å². The molecule has 0 saturated carbocycles. The number of nitrogens with one attached hydrogen (secondary N) is 1. The monoisotopic (exact) mass is 386 g/mol. The first-order valence-corrected chi connectivity index (χ1v) is 9.85. The van der Waals surface area contributed by atoms with Crippen molar-refractivity contribution in [3.63, 3.8) is 0 Å². The third kappa shape index (κ3) is 3.96. The second kappa shape index (κ2) is 7.20. The summed E-state index contributed by atoms with van der Waals surface area (Å²) in [7, 11) is -3.63. The first-order chi connectivity index (χ1) is 11.5. The van der Waals surface area contributed by atoms with E-state index in [0.29, 0.717) is 4.34 Å².